The molecule has 4 aromatic rings. The van der Waals surface area contributed by atoms with E-state index in [1.165, 1.54) is 36.0 Å². The van der Waals surface area contributed by atoms with Gasteiger partial charge in [0.05, 0.1) is 10.8 Å². The minimum absolute atomic E-state index is 0.0133. The molecule has 1 atom stereocenters. The third-order valence-electron chi connectivity index (χ3n) is 7.33. The number of hydrogen-bond donors (Lipinski definition) is 2. The molecule has 1 fully saturated rings. The Labute approximate surface area is 257 Å². The summed E-state index contributed by atoms with van der Waals surface area (Å²) in [6.07, 6.45) is 3.34. The highest BCUT2D eigenvalue weighted by atomic mass is 79.9. The third-order valence-corrected chi connectivity index (χ3v) is 9.07. The fourth-order valence-corrected chi connectivity index (χ4v) is 6.41. The Kier molecular flexibility index (Phi) is 9.74. The van der Waals surface area contributed by atoms with Crippen LogP contribution in [0.1, 0.15) is 42.5 Å². The first-order chi connectivity index (χ1) is 20.2. The first kappa shape index (κ1) is 30.0. The number of carbonyl (C=O) groups is 2. The molecule has 1 aliphatic rings. The number of Topliss-reactive ketones (excluding diaryl/α,β-unsaturated/α-hetero) is 1. The van der Waals surface area contributed by atoms with E-state index in [9.17, 15) is 14.0 Å². The van der Waals surface area contributed by atoms with E-state index in [1.54, 1.807) is 0 Å². The van der Waals surface area contributed by atoms with Gasteiger partial charge >= 0.3 is 0 Å². The summed E-state index contributed by atoms with van der Waals surface area (Å²) in [5.74, 6) is 0.715. The molecule has 0 radical (unpaired) electrons. The molecule has 1 aromatic heterocycles. The fraction of sp³-hybridized carbons (Fsp3) is 0.312. The molecule has 1 heterocycles. The minimum atomic E-state index is -0.616. The zero-order valence-electron chi connectivity index (χ0n) is 23.5. The Balaban J connectivity index is 1.21. The van der Waals surface area contributed by atoms with Gasteiger partial charge in [-0.15, -0.1) is 11.8 Å². The van der Waals surface area contributed by atoms with Crippen molar-refractivity contribution in [2.45, 2.75) is 54.3 Å². The molecular formula is C32H33BrFN5O2S. The molecule has 0 aliphatic heterocycles. The Morgan fingerprint density at radius 2 is 1.62 bits per heavy atom. The summed E-state index contributed by atoms with van der Waals surface area (Å²) in [5.41, 5.74) is 1.29. The number of aromatic nitrogens is 2. The Morgan fingerprint density at radius 3 is 2.31 bits per heavy atom. The molecule has 3 aromatic carbocycles. The number of amides is 1. The summed E-state index contributed by atoms with van der Waals surface area (Å²) in [7, 11) is 3.95. The first-order valence-electron chi connectivity index (χ1n) is 14.0. The highest BCUT2D eigenvalue weighted by Gasteiger charge is 2.29. The van der Waals surface area contributed by atoms with Crippen molar-refractivity contribution in [1.29, 1.82) is 0 Å². The summed E-state index contributed by atoms with van der Waals surface area (Å²) < 4.78 is 14.3. The van der Waals surface area contributed by atoms with Crippen LogP contribution in [0.25, 0.3) is 10.9 Å². The number of nitrogens with zero attached hydrogens (tertiary/aromatic N) is 3. The van der Waals surface area contributed by atoms with Crippen LogP contribution in [0.5, 0.6) is 0 Å². The van der Waals surface area contributed by atoms with Crippen LogP contribution in [0, 0.1) is 5.82 Å². The molecule has 2 N–H and O–H groups in total. The van der Waals surface area contributed by atoms with E-state index in [4.69, 9.17) is 9.97 Å². The smallest absolute Gasteiger partial charge is 0.234 e. The van der Waals surface area contributed by atoms with Crippen LogP contribution in [0.15, 0.2) is 82.2 Å². The summed E-state index contributed by atoms with van der Waals surface area (Å²) in [5, 5.41) is 7.10. The lowest BCUT2D eigenvalue weighted by atomic mass is 9.91. The molecule has 42 heavy (non-hydrogen) atoms. The van der Waals surface area contributed by atoms with E-state index in [1.807, 2.05) is 67.5 Å². The topological polar surface area (TPSA) is 87.2 Å². The zero-order valence-corrected chi connectivity index (χ0v) is 25.9. The molecule has 1 saturated carbocycles. The number of carbonyl (C=O) groups excluding carboxylic acids is 2. The molecule has 218 valence electrons. The number of rotatable bonds is 10. The molecule has 1 unspecified atom stereocenters. The van der Waals surface area contributed by atoms with E-state index in [0.717, 1.165) is 51.8 Å². The molecule has 1 amide bonds. The summed E-state index contributed by atoms with van der Waals surface area (Å²) >= 11 is 4.81. The molecule has 0 saturated heterocycles. The van der Waals surface area contributed by atoms with Crippen molar-refractivity contribution in [3.05, 3.63) is 88.6 Å². The van der Waals surface area contributed by atoms with Gasteiger partial charge in [0.2, 0.25) is 11.9 Å². The largest absolute Gasteiger partial charge is 0.362 e. The van der Waals surface area contributed by atoms with E-state index in [0.29, 0.717) is 11.5 Å². The van der Waals surface area contributed by atoms with Gasteiger partial charge in [-0.1, -0.05) is 28.1 Å². The lowest BCUT2D eigenvalue weighted by Gasteiger charge is -2.31. The molecular weight excluding hydrogens is 617 g/mol. The van der Waals surface area contributed by atoms with Crippen molar-refractivity contribution >= 4 is 62.1 Å². The number of benzene rings is 3. The number of halogens is 2. The molecule has 10 heteroatoms. The molecule has 5 rings (SSSR count). The Bertz CT molecular complexity index is 1540. The summed E-state index contributed by atoms with van der Waals surface area (Å²) in [6.45, 7) is 0. The number of hydrogen-bond acceptors (Lipinski definition) is 7. The van der Waals surface area contributed by atoms with Crippen LogP contribution in [-0.4, -0.2) is 53.1 Å². The average Bonchev–Trinajstić information content (AvgIpc) is 2.98. The normalized spacial score (nSPS) is 17.4. The maximum absolute atomic E-state index is 13.5. The van der Waals surface area contributed by atoms with E-state index >= 15 is 0 Å². The van der Waals surface area contributed by atoms with E-state index in [-0.39, 0.29) is 30.2 Å². The Hall–Kier alpha value is -3.50. The Morgan fingerprint density at radius 1 is 0.952 bits per heavy atom. The average molecular weight is 651 g/mol. The third kappa shape index (κ3) is 7.66. The molecule has 7 nitrogen and oxygen atoms in total. The highest BCUT2D eigenvalue weighted by Crippen LogP contribution is 2.30. The molecule has 0 spiro atoms. The van der Waals surface area contributed by atoms with Gasteiger partial charge in [-0.2, -0.15) is 4.98 Å². The number of fused-ring (bicyclic) bond motifs is 1. The van der Waals surface area contributed by atoms with Crippen LogP contribution in [-0.2, 0) is 4.79 Å². The second-order valence-electron chi connectivity index (χ2n) is 10.7. The predicted octanol–water partition coefficient (Wildman–Crippen LogP) is 6.87. The van der Waals surface area contributed by atoms with Crippen LogP contribution >= 0.6 is 27.7 Å². The number of anilines is 2. The highest BCUT2D eigenvalue weighted by molar-refractivity contribution is 9.10. The summed E-state index contributed by atoms with van der Waals surface area (Å²) in [6, 6.07) is 21.3. The van der Waals surface area contributed by atoms with Crippen molar-refractivity contribution < 1.29 is 14.0 Å². The predicted molar refractivity (Wildman–Crippen MR) is 171 cm³/mol. The van der Waals surface area contributed by atoms with Gasteiger partial charge in [0.25, 0.3) is 0 Å². The van der Waals surface area contributed by atoms with Crippen LogP contribution < -0.4 is 15.5 Å². The number of nitrogens with one attached hydrogen (secondary N) is 2. The summed E-state index contributed by atoms with van der Waals surface area (Å²) in [4.78, 5) is 38.9. The standard InChI is InChI=1S/C32H33BrFN5O2S/c1-39(2)30-26-5-3-4-6-27(26)37-32(38-30)36-24-15-13-23(14-16-24)35-31(41)29(42-25-17-9-21(33)10-18-25)19-28(40)20-7-11-22(34)12-8-20/h3-12,17-18,23-24,29H,13-16,19H2,1-2H3,(H,35,41)(H,36,37,38)/t23-,24+,29?. The fourth-order valence-electron chi connectivity index (χ4n) is 5.11. The lowest BCUT2D eigenvalue weighted by molar-refractivity contribution is -0.121. The lowest BCUT2D eigenvalue weighted by Crippen LogP contribution is -2.44. The van der Waals surface area contributed by atoms with Crippen molar-refractivity contribution in [2.24, 2.45) is 0 Å². The van der Waals surface area contributed by atoms with Crippen LogP contribution in [0.2, 0.25) is 0 Å². The maximum atomic E-state index is 13.5. The molecule has 1 aliphatic carbocycles. The number of ketones is 1. The van der Waals surface area contributed by atoms with Gasteiger partial charge in [0.1, 0.15) is 11.6 Å². The van der Waals surface area contributed by atoms with Gasteiger partial charge in [-0.05, 0) is 86.3 Å². The monoisotopic (exact) mass is 649 g/mol. The van der Waals surface area contributed by atoms with Gasteiger partial charge in [0.15, 0.2) is 5.78 Å². The first-order valence-corrected chi connectivity index (χ1v) is 15.6. The van der Waals surface area contributed by atoms with Gasteiger partial charge in [0, 0.05) is 52.9 Å². The van der Waals surface area contributed by atoms with Crippen molar-refractivity contribution in [3.8, 4) is 0 Å². The number of para-hydroxylation sites is 1. The second kappa shape index (κ2) is 13.6. The van der Waals surface area contributed by atoms with E-state index < -0.39 is 11.1 Å². The number of thioether (sulfide) groups is 1. The second-order valence-corrected chi connectivity index (χ2v) is 12.9. The van der Waals surface area contributed by atoms with Gasteiger partial charge in [-0.3, -0.25) is 9.59 Å². The van der Waals surface area contributed by atoms with Crippen molar-refractivity contribution in [1.82, 2.24) is 15.3 Å². The van der Waals surface area contributed by atoms with Crippen molar-refractivity contribution in [3.63, 3.8) is 0 Å². The van der Waals surface area contributed by atoms with Gasteiger partial charge < -0.3 is 15.5 Å². The van der Waals surface area contributed by atoms with Gasteiger partial charge in [-0.25, -0.2) is 9.37 Å². The maximum Gasteiger partial charge on any atom is 0.234 e. The quantitative estimate of drug-likeness (QED) is 0.143. The van der Waals surface area contributed by atoms with Crippen LogP contribution in [0.3, 0.4) is 0 Å². The SMILES string of the molecule is CN(C)c1nc(N[C@H]2CC[C@@H](NC(=O)C(CC(=O)c3ccc(F)cc3)Sc3ccc(Br)cc3)CC2)nc2ccccc12. The zero-order chi connectivity index (χ0) is 29.6. The minimum Gasteiger partial charge on any atom is -0.362 e. The van der Waals surface area contributed by atoms with Crippen molar-refractivity contribution in [2.75, 3.05) is 24.3 Å². The molecule has 0 bridgehead atoms. The van der Waals surface area contributed by atoms with E-state index in [2.05, 4.69) is 26.6 Å². The van der Waals surface area contributed by atoms with Crippen LogP contribution in [0.4, 0.5) is 16.2 Å².